The Morgan fingerprint density at radius 2 is 1.91 bits per heavy atom. The van der Waals surface area contributed by atoms with E-state index in [-0.39, 0.29) is 18.0 Å². The largest absolute Gasteiger partial charge is 0.481 e. The predicted molar refractivity (Wildman–Crippen MR) is 85.0 cm³/mol. The number of nitrogens with zero attached hydrogens (tertiary/aromatic N) is 1. The lowest BCUT2D eigenvalue weighted by atomic mass is 10.0. The van der Waals surface area contributed by atoms with Crippen molar-refractivity contribution < 1.29 is 19.4 Å². The molecule has 1 aliphatic carbocycles. The summed E-state index contributed by atoms with van der Waals surface area (Å²) in [6.07, 6.45) is 3.56. The number of primary amides is 1. The Morgan fingerprint density at radius 3 is 2.30 bits per heavy atom. The standard InChI is InChI=1S/C12H15N3O2.C4H6O2/c13-11(16)9-4-1-8(2-5-9)3-6-10-7-17-12(14)15-10;5-4(6)3-1-2-3/h1-2,4-5,10H,3,6-7H2,(H2,13,16)(H2,14,15);3H,1-2H2,(H,5,6)/t10-;/m0./s1. The summed E-state index contributed by atoms with van der Waals surface area (Å²) < 4.78 is 5.07. The number of benzene rings is 1. The zero-order chi connectivity index (χ0) is 16.8. The third-order valence-corrected chi connectivity index (χ3v) is 3.66. The number of carboxylic acid groups (broad SMARTS) is 1. The van der Waals surface area contributed by atoms with E-state index in [0.717, 1.165) is 31.2 Å². The molecule has 2 aliphatic rings. The van der Waals surface area contributed by atoms with Crippen molar-refractivity contribution in [2.24, 2.45) is 22.4 Å². The second kappa shape index (κ2) is 7.62. The van der Waals surface area contributed by atoms with Gasteiger partial charge in [0.15, 0.2) is 0 Å². The van der Waals surface area contributed by atoms with Crippen molar-refractivity contribution >= 4 is 17.9 Å². The van der Waals surface area contributed by atoms with Crippen LogP contribution >= 0.6 is 0 Å². The fourth-order valence-electron chi connectivity index (χ4n) is 2.08. The minimum absolute atomic E-state index is 0.0185. The summed E-state index contributed by atoms with van der Waals surface area (Å²) in [6.45, 7) is 0.561. The summed E-state index contributed by atoms with van der Waals surface area (Å²) in [7, 11) is 0. The molecular formula is C16H21N3O4. The van der Waals surface area contributed by atoms with E-state index in [4.69, 9.17) is 21.3 Å². The van der Waals surface area contributed by atoms with Crippen LogP contribution in [0.4, 0.5) is 0 Å². The number of ether oxygens (including phenoxy) is 1. The molecule has 0 saturated heterocycles. The Balaban J connectivity index is 0.000000268. The summed E-state index contributed by atoms with van der Waals surface area (Å²) in [5, 5.41) is 8.05. The lowest BCUT2D eigenvalue weighted by Gasteiger charge is -2.05. The summed E-state index contributed by atoms with van der Waals surface area (Å²) in [5.74, 6) is -1.02. The van der Waals surface area contributed by atoms with Crippen molar-refractivity contribution in [3.63, 3.8) is 0 Å². The average molecular weight is 319 g/mol. The number of aliphatic imine (C=N–C) groups is 1. The van der Waals surface area contributed by atoms with E-state index in [2.05, 4.69) is 4.99 Å². The molecule has 7 heteroatoms. The van der Waals surface area contributed by atoms with Crippen molar-refractivity contribution in [1.82, 2.24) is 0 Å². The van der Waals surface area contributed by atoms with Gasteiger partial charge in [0.2, 0.25) is 5.91 Å². The summed E-state index contributed by atoms with van der Waals surface area (Å²) in [4.78, 5) is 24.8. The smallest absolute Gasteiger partial charge is 0.306 e. The molecular weight excluding hydrogens is 298 g/mol. The van der Waals surface area contributed by atoms with Gasteiger partial charge in [0.1, 0.15) is 6.61 Å². The number of amides is 1. The second-order valence-electron chi connectivity index (χ2n) is 5.64. The van der Waals surface area contributed by atoms with Crippen molar-refractivity contribution in [2.75, 3.05) is 6.61 Å². The summed E-state index contributed by atoms with van der Waals surface area (Å²) >= 11 is 0. The first-order valence-corrected chi connectivity index (χ1v) is 7.53. The number of rotatable bonds is 5. The molecule has 7 nitrogen and oxygen atoms in total. The van der Waals surface area contributed by atoms with Crippen LogP contribution in [0.3, 0.4) is 0 Å². The molecule has 0 radical (unpaired) electrons. The van der Waals surface area contributed by atoms with E-state index in [1.54, 1.807) is 12.1 Å². The van der Waals surface area contributed by atoms with Crippen LogP contribution in [-0.4, -0.2) is 35.7 Å². The van der Waals surface area contributed by atoms with Gasteiger partial charge in [-0.25, -0.2) is 4.99 Å². The highest BCUT2D eigenvalue weighted by atomic mass is 16.5. The molecule has 1 heterocycles. The number of carbonyl (C=O) groups excluding carboxylic acids is 1. The molecule has 1 aliphatic heterocycles. The van der Waals surface area contributed by atoms with Crippen molar-refractivity contribution in [3.8, 4) is 0 Å². The maximum absolute atomic E-state index is 10.9. The van der Waals surface area contributed by atoms with E-state index in [1.807, 2.05) is 12.1 Å². The lowest BCUT2D eigenvalue weighted by Crippen LogP contribution is -2.11. The first-order valence-electron chi connectivity index (χ1n) is 7.53. The molecule has 0 bridgehead atoms. The van der Waals surface area contributed by atoms with Gasteiger partial charge in [-0.3, -0.25) is 9.59 Å². The van der Waals surface area contributed by atoms with Crippen LogP contribution in [0.5, 0.6) is 0 Å². The molecule has 3 rings (SSSR count). The number of carbonyl (C=O) groups is 2. The highest BCUT2D eigenvalue weighted by molar-refractivity contribution is 5.92. The van der Waals surface area contributed by atoms with E-state index in [0.29, 0.717) is 12.2 Å². The zero-order valence-electron chi connectivity index (χ0n) is 12.8. The fraction of sp³-hybridized carbons (Fsp3) is 0.438. The van der Waals surface area contributed by atoms with Gasteiger partial charge in [0.05, 0.1) is 12.0 Å². The SMILES string of the molecule is NC(=O)c1ccc(CC[C@H]2COC(N)=N2)cc1.O=C(O)C1CC1. The Morgan fingerprint density at radius 1 is 1.26 bits per heavy atom. The van der Waals surface area contributed by atoms with E-state index < -0.39 is 11.9 Å². The van der Waals surface area contributed by atoms with E-state index in [1.165, 1.54) is 0 Å². The number of hydrogen-bond donors (Lipinski definition) is 3. The molecule has 124 valence electrons. The van der Waals surface area contributed by atoms with Crippen LogP contribution in [0.2, 0.25) is 0 Å². The Bertz CT molecular complexity index is 594. The van der Waals surface area contributed by atoms with Crippen molar-refractivity contribution in [1.29, 1.82) is 0 Å². The molecule has 1 aromatic carbocycles. The maximum atomic E-state index is 10.9. The second-order valence-corrected chi connectivity index (χ2v) is 5.64. The third kappa shape index (κ3) is 5.61. The van der Waals surface area contributed by atoms with Crippen LogP contribution in [0.15, 0.2) is 29.3 Å². The number of carboxylic acids is 1. The first-order chi connectivity index (χ1) is 11.0. The zero-order valence-corrected chi connectivity index (χ0v) is 12.8. The molecule has 1 saturated carbocycles. The molecule has 1 amide bonds. The van der Waals surface area contributed by atoms with Crippen LogP contribution in [0.25, 0.3) is 0 Å². The predicted octanol–water partition coefficient (Wildman–Crippen LogP) is 0.913. The Kier molecular flexibility index (Phi) is 5.56. The maximum Gasteiger partial charge on any atom is 0.306 e. The number of aryl methyl sites for hydroxylation is 1. The van der Waals surface area contributed by atoms with Gasteiger partial charge in [-0.2, -0.15) is 0 Å². The molecule has 1 aromatic rings. The van der Waals surface area contributed by atoms with Crippen LogP contribution < -0.4 is 11.5 Å². The van der Waals surface area contributed by atoms with Gasteiger partial charge in [0, 0.05) is 5.56 Å². The Hall–Kier alpha value is -2.57. The molecule has 0 aromatic heterocycles. The van der Waals surface area contributed by atoms with Gasteiger partial charge in [-0.15, -0.1) is 0 Å². The molecule has 1 atom stereocenters. The van der Waals surface area contributed by atoms with Gasteiger partial charge < -0.3 is 21.3 Å². The lowest BCUT2D eigenvalue weighted by molar-refractivity contribution is -0.138. The molecule has 23 heavy (non-hydrogen) atoms. The van der Waals surface area contributed by atoms with E-state index >= 15 is 0 Å². The van der Waals surface area contributed by atoms with Crippen LogP contribution in [0.1, 0.15) is 35.2 Å². The highest BCUT2D eigenvalue weighted by Crippen LogP contribution is 2.28. The molecule has 5 N–H and O–H groups in total. The highest BCUT2D eigenvalue weighted by Gasteiger charge is 2.28. The van der Waals surface area contributed by atoms with E-state index in [9.17, 15) is 9.59 Å². The molecule has 0 spiro atoms. The molecule has 0 unspecified atom stereocenters. The normalized spacial score (nSPS) is 19.1. The number of nitrogens with two attached hydrogens (primary N) is 2. The summed E-state index contributed by atoms with van der Waals surface area (Å²) in [6, 6.07) is 7.71. The topological polar surface area (TPSA) is 128 Å². The monoisotopic (exact) mass is 319 g/mol. The fourth-order valence-corrected chi connectivity index (χ4v) is 2.08. The molecule has 1 fully saturated rings. The summed E-state index contributed by atoms with van der Waals surface area (Å²) in [5.41, 5.74) is 12.3. The minimum atomic E-state index is -0.630. The number of amidine groups is 1. The quantitative estimate of drug-likeness (QED) is 0.743. The Labute approximate surface area is 134 Å². The minimum Gasteiger partial charge on any atom is -0.481 e. The van der Waals surface area contributed by atoms with Gasteiger partial charge in [0.25, 0.3) is 6.02 Å². The van der Waals surface area contributed by atoms with Gasteiger partial charge in [-0.1, -0.05) is 12.1 Å². The third-order valence-electron chi connectivity index (χ3n) is 3.66. The number of aliphatic carboxylic acids is 1. The van der Waals surface area contributed by atoms with Crippen LogP contribution in [0, 0.1) is 5.92 Å². The van der Waals surface area contributed by atoms with Crippen LogP contribution in [-0.2, 0) is 16.0 Å². The number of hydrogen-bond acceptors (Lipinski definition) is 5. The van der Waals surface area contributed by atoms with Crippen molar-refractivity contribution in [2.45, 2.75) is 31.7 Å². The van der Waals surface area contributed by atoms with Gasteiger partial charge in [-0.05, 0) is 43.4 Å². The first kappa shape index (κ1) is 16.8. The van der Waals surface area contributed by atoms with Gasteiger partial charge >= 0.3 is 5.97 Å². The average Bonchev–Trinajstić information content (AvgIpc) is 3.30. The van der Waals surface area contributed by atoms with Crippen molar-refractivity contribution in [3.05, 3.63) is 35.4 Å².